The van der Waals surface area contributed by atoms with Gasteiger partial charge in [-0.1, -0.05) is 51.1 Å². The van der Waals surface area contributed by atoms with Crippen molar-refractivity contribution in [3.63, 3.8) is 0 Å². The number of benzene rings is 2. The topological polar surface area (TPSA) is 37.1 Å². The molecule has 0 radical (unpaired) electrons. The number of aliphatic hydroxyl groups is 1. The Kier molecular flexibility index (Phi) is 6.40. The van der Waals surface area contributed by atoms with Crippen molar-refractivity contribution in [2.24, 2.45) is 0 Å². The average molecular weight is 370 g/mol. The Labute approximate surface area is 163 Å². The van der Waals surface area contributed by atoms with Gasteiger partial charge >= 0.3 is 0 Å². The van der Waals surface area contributed by atoms with E-state index in [2.05, 4.69) is 68.1 Å². The van der Waals surface area contributed by atoms with Crippen LogP contribution in [0.4, 0.5) is 5.69 Å². The summed E-state index contributed by atoms with van der Waals surface area (Å²) in [6, 6.07) is 18.8. The summed E-state index contributed by atoms with van der Waals surface area (Å²) in [5, 5.41) is 10.4. The molecule has 0 aliphatic carbocycles. The first-order valence-electron chi connectivity index (χ1n) is 9.97. The molecule has 27 heavy (non-hydrogen) atoms. The lowest BCUT2D eigenvalue weighted by Gasteiger charge is -2.34. The van der Waals surface area contributed by atoms with E-state index in [-0.39, 0.29) is 5.41 Å². The number of hydrogen-bond acceptors (Lipinski definition) is 3. The van der Waals surface area contributed by atoms with E-state index in [0.717, 1.165) is 38.5 Å². The minimum atomic E-state index is -0.439. The predicted molar refractivity (Wildman–Crippen MR) is 111 cm³/mol. The maximum absolute atomic E-state index is 10.4. The number of anilines is 1. The molecular formula is C23H33N2O2+. The summed E-state index contributed by atoms with van der Waals surface area (Å²) in [4.78, 5) is 3.87. The van der Waals surface area contributed by atoms with E-state index in [4.69, 9.17) is 4.74 Å². The summed E-state index contributed by atoms with van der Waals surface area (Å²) in [5.41, 5.74) is 2.72. The van der Waals surface area contributed by atoms with Crippen molar-refractivity contribution in [1.82, 2.24) is 0 Å². The Morgan fingerprint density at radius 1 is 1.00 bits per heavy atom. The molecule has 1 atom stereocenters. The van der Waals surface area contributed by atoms with Crippen LogP contribution in [0.5, 0.6) is 5.75 Å². The number of quaternary nitrogens is 1. The van der Waals surface area contributed by atoms with E-state index in [0.29, 0.717) is 6.61 Å². The number of nitrogens with one attached hydrogen (secondary N) is 1. The van der Waals surface area contributed by atoms with Gasteiger partial charge in [0.1, 0.15) is 25.0 Å². The van der Waals surface area contributed by atoms with E-state index in [9.17, 15) is 5.11 Å². The molecule has 0 unspecified atom stereocenters. The van der Waals surface area contributed by atoms with Crippen molar-refractivity contribution < 1.29 is 14.7 Å². The first kappa shape index (κ1) is 19.7. The van der Waals surface area contributed by atoms with Gasteiger partial charge in [0.2, 0.25) is 0 Å². The summed E-state index contributed by atoms with van der Waals surface area (Å²) in [6.45, 7) is 11.8. The summed E-state index contributed by atoms with van der Waals surface area (Å²) in [7, 11) is 0. The fraction of sp³-hybridized carbons (Fsp3) is 0.478. The lowest BCUT2D eigenvalue weighted by molar-refractivity contribution is -0.903. The zero-order valence-corrected chi connectivity index (χ0v) is 16.8. The van der Waals surface area contributed by atoms with E-state index in [1.54, 1.807) is 0 Å². The third kappa shape index (κ3) is 5.72. The van der Waals surface area contributed by atoms with Crippen LogP contribution < -0.4 is 14.5 Å². The number of rotatable bonds is 6. The third-order valence-corrected chi connectivity index (χ3v) is 5.28. The van der Waals surface area contributed by atoms with Gasteiger partial charge in [0, 0.05) is 5.69 Å². The normalized spacial score (nSPS) is 17.0. The van der Waals surface area contributed by atoms with Crippen LogP contribution in [0.25, 0.3) is 0 Å². The summed E-state index contributed by atoms with van der Waals surface area (Å²) in [5.74, 6) is 0.825. The monoisotopic (exact) mass is 369 g/mol. The third-order valence-electron chi connectivity index (χ3n) is 5.28. The summed E-state index contributed by atoms with van der Waals surface area (Å²) >= 11 is 0. The molecule has 2 aromatic carbocycles. The Bertz CT molecular complexity index is 687. The quantitative estimate of drug-likeness (QED) is 0.819. The highest BCUT2D eigenvalue weighted by Crippen LogP contribution is 2.24. The number of hydrogen-bond donors (Lipinski definition) is 2. The summed E-state index contributed by atoms with van der Waals surface area (Å²) in [6.07, 6.45) is -0.439. The number of ether oxygens (including phenoxy) is 1. The van der Waals surface area contributed by atoms with Crippen LogP contribution in [0.1, 0.15) is 26.3 Å². The smallest absolute Gasteiger partial charge is 0.137 e. The second-order valence-electron chi connectivity index (χ2n) is 8.52. The Morgan fingerprint density at radius 3 is 2.22 bits per heavy atom. The van der Waals surface area contributed by atoms with Gasteiger partial charge in [-0.25, -0.2) is 0 Å². The second kappa shape index (κ2) is 8.77. The molecule has 0 spiro atoms. The molecule has 4 heteroatoms. The van der Waals surface area contributed by atoms with Crippen LogP contribution >= 0.6 is 0 Å². The molecule has 1 saturated heterocycles. The molecule has 146 valence electrons. The highest BCUT2D eigenvalue weighted by atomic mass is 16.5. The van der Waals surface area contributed by atoms with Crippen LogP contribution in [0.3, 0.4) is 0 Å². The van der Waals surface area contributed by atoms with E-state index < -0.39 is 6.10 Å². The SMILES string of the molecule is CC(C)(C)c1ccc(OC[C@H](O)C[NH+]2CCN(c3ccccc3)CC2)cc1. The molecule has 0 aromatic heterocycles. The molecule has 1 aliphatic rings. The van der Waals surface area contributed by atoms with Crippen molar-refractivity contribution in [1.29, 1.82) is 0 Å². The largest absolute Gasteiger partial charge is 0.491 e. The zero-order valence-electron chi connectivity index (χ0n) is 16.8. The average Bonchev–Trinajstić information content (AvgIpc) is 2.67. The van der Waals surface area contributed by atoms with E-state index in [1.165, 1.54) is 16.2 Å². The van der Waals surface area contributed by atoms with E-state index >= 15 is 0 Å². The minimum absolute atomic E-state index is 0.142. The highest BCUT2D eigenvalue weighted by molar-refractivity contribution is 5.46. The van der Waals surface area contributed by atoms with Crippen LogP contribution in [0.2, 0.25) is 0 Å². The number of piperazine rings is 1. The predicted octanol–water partition coefficient (Wildman–Crippen LogP) is 2.13. The Morgan fingerprint density at radius 2 is 1.63 bits per heavy atom. The molecule has 0 bridgehead atoms. The molecule has 1 fully saturated rings. The molecule has 2 N–H and O–H groups in total. The van der Waals surface area contributed by atoms with E-state index in [1.807, 2.05) is 12.1 Å². The highest BCUT2D eigenvalue weighted by Gasteiger charge is 2.22. The van der Waals surface area contributed by atoms with Gasteiger partial charge in [0.25, 0.3) is 0 Å². The van der Waals surface area contributed by atoms with Crippen LogP contribution in [0.15, 0.2) is 54.6 Å². The van der Waals surface area contributed by atoms with Crippen LogP contribution in [-0.4, -0.2) is 50.5 Å². The molecular weight excluding hydrogens is 336 g/mol. The van der Waals surface area contributed by atoms with Crippen LogP contribution in [-0.2, 0) is 5.41 Å². The molecule has 1 aliphatic heterocycles. The molecule has 0 amide bonds. The number of nitrogens with zero attached hydrogens (tertiary/aromatic N) is 1. The summed E-state index contributed by atoms with van der Waals surface area (Å²) < 4.78 is 5.79. The van der Waals surface area contributed by atoms with Crippen molar-refractivity contribution in [3.8, 4) is 5.75 Å². The maximum Gasteiger partial charge on any atom is 0.137 e. The second-order valence-corrected chi connectivity index (χ2v) is 8.52. The van der Waals surface area contributed by atoms with Gasteiger partial charge in [0.05, 0.1) is 26.2 Å². The van der Waals surface area contributed by atoms with Crippen LogP contribution in [0, 0.1) is 0 Å². The molecule has 3 rings (SSSR count). The molecule has 1 heterocycles. The lowest BCUT2D eigenvalue weighted by atomic mass is 9.87. The standard InChI is InChI=1S/C23H32N2O2/c1-23(2,3)19-9-11-22(12-10-19)27-18-21(26)17-24-13-15-25(16-14-24)20-7-5-4-6-8-20/h4-12,21,26H,13-18H2,1-3H3/p+1/t21-/m1/s1. The van der Waals surface area contributed by atoms with Gasteiger partial charge in [-0.3, -0.25) is 0 Å². The van der Waals surface area contributed by atoms with Crippen molar-refractivity contribution in [2.75, 3.05) is 44.2 Å². The molecule has 0 saturated carbocycles. The first-order chi connectivity index (χ1) is 12.9. The Balaban J connectivity index is 1.40. The maximum atomic E-state index is 10.4. The zero-order chi connectivity index (χ0) is 19.3. The number of aliphatic hydroxyl groups excluding tert-OH is 1. The van der Waals surface area contributed by atoms with Crippen molar-refractivity contribution in [2.45, 2.75) is 32.3 Å². The molecule has 2 aromatic rings. The first-order valence-corrected chi connectivity index (χ1v) is 9.97. The molecule has 4 nitrogen and oxygen atoms in total. The van der Waals surface area contributed by atoms with Gasteiger partial charge < -0.3 is 19.6 Å². The van der Waals surface area contributed by atoms with Crippen molar-refractivity contribution in [3.05, 3.63) is 60.2 Å². The van der Waals surface area contributed by atoms with Gasteiger partial charge in [-0.05, 0) is 35.2 Å². The van der Waals surface area contributed by atoms with Gasteiger partial charge in [-0.15, -0.1) is 0 Å². The minimum Gasteiger partial charge on any atom is -0.491 e. The fourth-order valence-electron chi connectivity index (χ4n) is 3.56. The number of para-hydroxylation sites is 1. The Hall–Kier alpha value is -2.04. The lowest BCUT2D eigenvalue weighted by Crippen LogP contribution is -3.16. The fourth-order valence-corrected chi connectivity index (χ4v) is 3.56. The van der Waals surface area contributed by atoms with Gasteiger partial charge in [0.15, 0.2) is 0 Å². The van der Waals surface area contributed by atoms with Crippen molar-refractivity contribution >= 4 is 5.69 Å². The van der Waals surface area contributed by atoms with Gasteiger partial charge in [-0.2, -0.15) is 0 Å².